The number of rotatable bonds is 15. The van der Waals surface area contributed by atoms with Crippen LogP contribution in [0.3, 0.4) is 0 Å². The fourth-order valence-corrected chi connectivity index (χ4v) is 4.73. The number of aryl methyl sites for hydroxylation is 1. The van der Waals surface area contributed by atoms with Crippen molar-refractivity contribution in [2.24, 2.45) is 0 Å². The lowest BCUT2D eigenvalue weighted by Crippen LogP contribution is -2.26. The van der Waals surface area contributed by atoms with Gasteiger partial charge in [-0.15, -0.1) is 10.2 Å². The second-order valence-corrected chi connectivity index (χ2v) is 10.3. The van der Waals surface area contributed by atoms with Crippen LogP contribution in [0.4, 0.5) is 4.79 Å². The fourth-order valence-electron chi connectivity index (χ4n) is 4.46. The zero-order valence-corrected chi connectivity index (χ0v) is 25.7. The number of ether oxygens (including phenoxy) is 3. The lowest BCUT2D eigenvalue weighted by atomic mass is 9.98. The third-order valence-corrected chi connectivity index (χ3v) is 6.89. The highest BCUT2D eigenvalue weighted by molar-refractivity contribution is 6.32. The Morgan fingerprint density at radius 3 is 2.47 bits per heavy atom. The molecular formula is C29H34ClN7O8. The summed E-state index contributed by atoms with van der Waals surface area (Å²) in [5.41, 5.74) is 3.62. The minimum atomic E-state index is -1.30. The van der Waals surface area contributed by atoms with Gasteiger partial charge in [-0.3, -0.25) is 10.4 Å². The zero-order chi connectivity index (χ0) is 32.3. The number of hydrogen-bond acceptors (Lipinski definition) is 13. The Labute approximate surface area is 263 Å². The van der Waals surface area contributed by atoms with E-state index in [4.69, 9.17) is 36.2 Å². The van der Waals surface area contributed by atoms with Crippen LogP contribution >= 0.6 is 11.6 Å². The van der Waals surface area contributed by atoms with Crippen LogP contribution in [0.15, 0.2) is 48.5 Å². The summed E-state index contributed by atoms with van der Waals surface area (Å²) in [4.78, 5) is 34.3. The number of tetrazole rings is 1. The van der Waals surface area contributed by atoms with Crippen molar-refractivity contribution in [3.63, 3.8) is 0 Å². The lowest BCUT2D eigenvalue weighted by molar-refractivity contribution is -0.503. The first-order valence-corrected chi connectivity index (χ1v) is 14.6. The molecule has 4 aromatic rings. The van der Waals surface area contributed by atoms with Gasteiger partial charge in [0, 0.05) is 31.9 Å². The summed E-state index contributed by atoms with van der Waals surface area (Å²) in [7, 11) is 0. The van der Waals surface area contributed by atoms with Gasteiger partial charge in [0.05, 0.1) is 18.1 Å². The number of imidazole rings is 1. The molecule has 0 aliphatic rings. The van der Waals surface area contributed by atoms with Crippen molar-refractivity contribution in [2.45, 2.75) is 65.4 Å². The highest BCUT2D eigenvalue weighted by Gasteiger charge is 2.26. The zero-order valence-electron chi connectivity index (χ0n) is 24.9. The van der Waals surface area contributed by atoms with Crippen molar-refractivity contribution in [2.75, 3.05) is 6.61 Å². The Balaban J connectivity index is 1.46. The molecule has 3 N–H and O–H groups in total. The normalized spacial score (nSPS) is 12.6. The van der Waals surface area contributed by atoms with Gasteiger partial charge in [-0.05, 0) is 35.2 Å². The van der Waals surface area contributed by atoms with Crippen LogP contribution in [0.25, 0.3) is 22.5 Å². The van der Waals surface area contributed by atoms with Gasteiger partial charge in [0.1, 0.15) is 5.82 Å². The van der Waals surface area contributed by atoms with Crippen LogP contribution in [0.1, 0.15) is 61.9 Å². The summed E-state index contributed by atoms with van der Waals surface area (Å²) in [5.74, 6) is 0.280. The molecule has 240 valence electrons. The van der Waals surface area contributed by atoms with E-state index < -0.39 is 29.9 Å². The number of esters is 1. The van der Waals surface area contributed by atoms with E-state index in [9.17, 15) is 9.59 Å². The summed E-state index contributed by atoms with van der Waals surface area (Å²) < 4.78 is 17.0. The van der Waals surface area contributed by atoms with Crippen molar-refractivity contribution in [1.29, 1.82) is 0 Å². The Morgan fingerprint density at radius 1 is 1.07 bits per heavy atom. The van der Waals surface area contributed by atoms with Gasteiger partial charge < -0.3 is 18.8 Å². The fraction of sp³-hybridized carbons (Fsp3) is 0.379. The molecule has 0 aliphatic heterocycles. The smallest absolute Gasteiger partial charge is 0.434 e. The van der Waals surface area contributed by atoms with Crippen molar-refractivity contribution < 1.29 is 39.1 Å². The molecule has 16 heteroatoms. The van der Waals surface area contributed by atoms with E-state index in [1.165, 1.54) is 13.8 Å². The van der Waals surface area contributed by atoms with Crippen molar-refractivity contribution in [3.8, 4) is 22.5 Å². The predicted molar refractivity (Wildman–Crippen MR) is 158 cm³/mol. The number of nitrogens with one attached hydrogen (secondary N) is 1. The topological polar surface area (TPSA) is 187 Å². The molecule has 2 heterocycles. The minimum Gasteiger partial charge on any atom is -0.434 e. The number of carbonyl (C=O) groups excluding carboxylic acids is 2. The Morgan fingerprint density at radius 2 is 1.80 bits per heavy atom. The molecule has 15 nitrogen and oxygen atoms in total. The molecule has 4 rings (SSSR count). The molecule has 2 aromatic carbocycles. The number of aromatic amines is 1. The second-order valence-electron chi connectivity index (χ2n) is 9.98. The van der Waals surface area contributed by atoms with E-state index in [-0.39, 0.29) is 30.4 Å². The molecule has 0 bridgehead atoms. The third kappa shape index (κ3) is 9.29. The maximum Gasteiger partial charge on any atom is 0.511 e. The van der Waals surface area contributed by atoms with Gasteiger partial charge in [0.2, 0.25) is 12.1 Å². The number of H-pyrrole nitrogens is 1. The van der Waals surface area contributed by atoms with Gasteiger partial charge >= 0.3 is 12.1 Å². The predicted octanol–water partition coefficient (Wildman–Crippen LogP) is 5.22. The number of benzene rings is 2. The van der Waals surface area contributed by atoms with Gasteiger partial charge in [0.15, 0.2) is 10.8 Å². The number of aromatic nitrogens is 6. The van der Waals surface area contributed by atoms with E-state index >= 15 is 0 Å². The molecule has 0 saturated carbocycles. The molecule has 2 aromatic heterocycles. The average Bonchev–Trinajstić information content (AvgIpc) is 3.64. The first-order valence-electron chi connectivity index (χ1n) is 14.2. The molecule has 0 amide bonds. The molecule has 0 radical (unpaired) electrons. The monoisotopic (exact) mass is 643 g/mol. The van der Waals surface area contributed by atoms with Crippen LogP contribution in [-0.2, 0) is 32.0 Å². The van der Waals surface area contributed by atoms with E-state index in [0.717, 1.165) is 35.1 Å². The molecule has 45 heavy (non-hydrogen) atoms. The molecular weight excluding hydrogens is 610 g/mol. The van der Waals surface area contributed by atoms with Crippen molar-refractivity contribution >= 4 is 23.7 Å². The number of hydrogen-bond donors (Lipinski definition) is 3. The molecule has 0 aliphatic carbocycles. The Kier molecular flexibility index (Phi) is 11.9. The summed E-state index contributed by atoms with van der Waals surface area (Å²) in [6.07, 6.45) is -0.576. The Bertz CT molecular complexity index is 1550. The molecule has 2 unspecified atom stereocenters. The summed E-state index contributed by atoms with van der Waals surface area (Å²) in [6.45, 7) is 5.08. The molecule has 2 atom stereocenters. The van der Waals surface area contributed by atoms with Crippen molar-refractivity contribution in [3.05, 3.63) is 70.8 Å². The van der Waals surface area contributed by atoms with Crippen LogP contribution < -0.4 is 0 Å². The number of nitrogens with zero attached hydrogens (tertiary/aromatic N) is 6. The highest BCUT2D eigenvalue weighted by Crippen LogP contribution is 2.30. The molecule has 0 saturated heterocycles. The van der Waals surface area contributed by atoms with Crippen molar-refractivity contribution in [1.82, 2.24) is 35.6 Å². The second kappa shape index (κ2) is 16.1. The van der Waals surface area contributed by atoms with Gasteiger partial charge in [-0.2, -0.15) is 5.21 Å². The summed E-state index contributed by atoms with van der Waals surface area (Å²) in [6, 6.07) is 15.6. The SMILES string of the molecule is CCCCc1nc(Cl)c(C(=O)OC(C)OC(=O)OCCC(C)ON(O)O)n1Cc1ccc(-c2ccccc2-c2nn[nH]n2)cc1. The quantitative estimate of drug-likeness (QED) is 0.0869. The maximum atomic E-state index is 13.3. The summed E-state index contributed by atoms with van der Waals surface area (Å²) >= 11 is 6.45. The first kappa shape index (κ1) is 33.5. The van der Waals surface area contributed by atoms with Crippen LogP contribution in [-0.4, -0.2) is 77.1 Å². The standard InChI is InChI=1S/C29H34ClN7O8/c1-4-5-10-24-31-26(30)25(28(38)43-19(3)44-29(39)42-16-15-18(2)45-37(40)41)36(24)17-20-11-13-21(14-12-20)22-8-6-7-9-23(22)27-32-34-35-33-27/h6-9,11-14,18-19,40-41H,4-5,10,15-17H2,1-3H3,(H,32,33,34,35). The van der Waals surface area contributed by atoms with E-state index in [1.807, 2.05) is 48.5 Å². The van der Waals surface area contributed by atoms with Gasteiger partial charge in [-0.25, -0.2) is 19.4 Å². The largest absolute Gasteiger partial charge is 0.511 e. The Hall–Kier alpha value is -4.41. The van der Waals surface area contributed by atoms with E-state index in [2.05, 4.69) is 37.4 Å². The molecule has 0 fully saturated rings. The van der Waals surface area contributed by atoms with E-state index in [1.54, 1.807) is 4.57 Å². The van der Waals surface area contributed by atoms with Gasteiger partial charge in [-0.1, -0.05) is 73.5 Å². The van der Waals surface area contributed by atoms with Crippen LogP contribution in [0.5, 0.6) is 0 Å². The minimum absolute atomic E-state index is 0.0256. The van der Waals surface area contributed by atoms with Crippen LogP contribution in [0.2, 0.25) is 5.15 Å². The number of unbranched alkanes of at least 4 members (excludes halogenated alkanes) is 1. The summed E-state index contributed by atoms with van der Waals surface area (Å²) in [5, 5.41) is 31.2. The van der Waals surface area contributed by atoms with E-state index in [0.29, 0.717) is 18.1 Å². The highest BCUT2D eigenvalue weighted by atomic mass is 35.5. The average molecular weight is 644 g/mol. The number of carbonyl (C=O) groups is 2. The maximum absolute atomic E-state index is 13.3. The van der Waals surface area contributed by atoms with Crippen LogP contribution in [0, 0.1) is 0 Å². The van der Waals surface area contributed by atoms with Gasteiger partial charge in [0.25, 0.3) is 0 Å². The third-order valence-electron chi connectivity index (χ3n) is 6.62. The molecule has 0 spiro atoms. The lowest BCUT2D eigenvalue weighted by Gasteiger charge is -2.17. The number of halogens is 1. The first-order chi connectivity index (χ1) is 21.7.